The van der Waals surface area contributed by atoms with E-state index in [0.717, 1.165) is 0 Å². The van der Waals surface area contributed by atoms with Crippen molar-refractivity contribution in [2.45, 2.75) is 37.4 Å². The van der Waals surface area contributed by atoms with Gasteiger partial charge in [-0.2, -0.15) is 0 Å². The number of nitrogen functional groups attached to an aromatic ring is 1. The first-order valence-electron chi connectivity index (χ1n) is 6.41. The smallest absolute Gasteiger partial charge is 0.183 e. The predicted molar refractivity (Wildman–Crippen MR) is 70.9 cm³/mol. The maximum Gasteiger partial charge on any atom is 0.183 e. The van der Waals surface area contributed by atoms with Gasteiger partial charge >= 0.3 is 0 Å². The van der Waals surface area contributed by atoms with Crippen LogP contribution in [0.4, 0.5) is 10.2 Å². The highest BCUT2D eigenvalue weighted by Gasteiger charge is 2.63. The second kappa shape index (κ2) is 4.33. The summed E-state index contributed by atoms with van der Waals surface area (Å²) in [4.78, 5) is 11.9. The number of hydrogen-bond donors (Lipinski definition) is 3. The van der Waals surface area contributed by atoms with Gasteiger partial charge in [0.05, 0.1) is 12.9 Å². The highest BCUT2D eigenvalue weighted by atomic mass is 19.1. The Morgan fingerprint density at radius 1 is 1.43 bits per heavy atom. The molecule has 9 heteroatoms. The Balaban J connectivity index is 2.13. The van der Waals surface area contributed by atoms with E-state index in [0.29, 0.717) is 11.2 Å². The number of aliphatic hydroxyl groups excluding tert-OH is 1. The first kappa shape index (κ1) is 14.1. The molecule has 4 atom stereocenters. The number of halogens is 1. The molecule has 0 spiro atoms. The van der Waals surface area contributed by atoms with Crippen molar-refractivity contribution in [1.82, 2.24) is 19.5 Å². The molecule has 2 aromatic rings. The van der Waals surface area contributed by atoms with E-state index < -0.39 is 30.2 Å². The SMILES string of the molecule is C[C@]1(F)[C@@H](n2cnc3c(N)ncnc32)O[C@H](CO)[C@@]1(C)O. The zero-order chi connectivity index (χ0) is 15.4. The average molecular weight is 297 g/mol. The molecule has 0 bridgehead atoms. The molecule has 0 amide bonds. The molecule has 0 saturated carbocycles. The van der Waals surface area contributed by atoms with E-state index in [1.807, 2.05) is 0 Å². The van der Waals surface area contributed by atoms with Crippen molar-refractivity contribution in [2.24, 2.45) is 0 Å². The van der Waals surface area contributed by atoms with E-state index in [1.165, 1.54) is 31.1 Å². The maximum atomic E-state index is 15.1. The first-order valence-corrected chi connectivity index (χ1v) is 6.41. The quantitative estimate of drug-likeness (QED) is 0.700. The summed E-state index contributed by atoms with van der Waals surface area (Å²) in [6.07, 6.45) is 0.314. The molecule has 1 fully saturated rings. The van der Waals surface area contributed by atoms with Crippen LogP contribution < -0.4 is 5.73 Å². The summed E-state index contributed by atoms with van der Waals surface area (Å²) in [6, 6.07) is 0. The van der Waals surface area contributed by atoms with Crippen LogP contribution in [0.25, 0.3) is 11.2 Å². The third-order valence-electron chi connectivity index (χ3n) is 4.18. The minimum Gasteiger partial charge on any atom is -0.394 e. The molecular formula is C12H16FN5O3. The highest BCUT2D eigenvalue weighted by Crippen LogP contribution is 2.48. The van der Waals surface area contributed by atoms with Gasteiger partial charge in [-0.25, -0.2) is 19.3 Å². The predicted octanol–water partition coefficient (Wildman–Crippen LogP) is -0.223. The monoisotopic (exact) mass is 297 g/mol. The zero-order valence-corrected chi connectivity index (χ0v) is 11.6. The fraction of sp³-hybridized carbons (Fsp3) is 0.583. The molecule has 3 rings (SSSR count). The molecule has 8 nitrogen and oxygen atoms in total. The molecule has 2 aromatic heterocycles. The topological polar surface area (TPSA) is 119 Å². The standard InChI is InChI=1S/C12H16FN5O3/c1-11(13)10(21-6(3-19)12(11,2)20)18-5-17-7-8(14)15-4-16-9(7)18/h4-6,10,19-20H,3H2,1-2H3,(H2,14,15,16)/t6-,10+,11+,12-/m1/s1. The van der Waals surface area contributed by atoms with Crippen LogP contribution in [0.1, 0.15) is 20.1 Å². The minimum atomic E-state index is -2.16. The molecule has 4 N–H and O–H groups in total. The lowest BCUT2D eigenvalue weighted by molar-refractivity contribution is -0.0891. The van der Waals surface area contributed by atoms with Gasteiger partial charge in [0.2, 0.25) is 0 Å². The first-order chi connectivity index (χ1) is 9.80. The number of aliphatic hydroxyl groups is 2. The number of fused-ring (bicyclic) bond motifs is 1. The second-order valence-corrected chi connectivity index (χ2v) is 5.47. The second-order valence-electron chi connectivity index (χ2n) is 5.47. The van der Waals surface area contributed by atoms with E-state index in [2.05, 4.69) is 15.0 Å². The number of rotatable bonds is 2. The van der Waals surface area contributed by atoms with Crippen molar-refractivity contribution in [3.8, 4) is 0 Å². The summed E-state index contributed by atoms with van der Waals surface area (Å²) >= 11 is 0. The van der Waals surface area contributed by atoms with Gasteiger partial charge in [0.25, 0.3) is 0 Å². The Kier molecular flexibility index (Phi) is 2.91. The van der Waals surface area contributed by atoms with Gasteiger partial charge in [0, 0.05) is 0 Å². The van der Waals surface area contributed by atoms with Crippen molar-refractivity contribution < 1.29 is 19.3 Å². The fourth-order valence-corrected chi connectivity index (χ4v) is 2.57. The Hall–Kier alpha value is -1.84. The van der Waals surface area contributed by atoms with E-state index in [9.17, 15) is 10.2 Å². The van der Waals surface area contributed by atoms with Gasteiger partial charge in [0.1, 0.15) is 23.5 Å². The Labute approximate surface area is 119 Å². The van der Waals surface area contributed by atoms with Crippen molar-refractivity contribution >= 4 is 17.0 Å². The summed E-state index contributed by atoms with van der Waals surface area (Å²) in [5.74, 6) is 0.169. The van der Waals surface area contributed by atoms with Gasteiger partial charge in [-0.3, -0.25) is 4.57 Å². The number of ether oxygens (including phenoxy) is 1. The minimum absolute atomic E-state index is 0.169. The van der Waals surface area contributed by atoms with Crippen LogP contribution in [-0.4, -0.2) is 53.7 Å². The van der Waals surface area contributed by atoms with Gasteiger partial charge in [0.15, 0.2) is 23.4 Å². The van der Waals surface area contributed by atoms with Gasteiger partial charge < -0.3 is 20.7 Å². The molecule has 1 aliphatic heterocycles. The highest BCUT2D eigenvalue weighted by molar-refractivity contribution is 5.81. The van der Waals surface area contributed by atoms with E-state index in [1.54, 1.807) is 0 Å². The summed E-state index contributed by atoms with van der Waals surface area (Å²) in [5.41, 5.74) is 2.29. The Morgan fingerprint density at radius 3 is 2.76 bits per heavy atom. The van der Waals surface area contributed by atoms with Crippen molar-refractivity contribution in [3.63, 3.8) is 0 Å². The number of nitrogens with two attached hydrogens (primary N) is 1. The molecule has 1 aliphatic rings. The molecule has 0 unspecified atom stereocenters. The summed E-state index contributed by atoms with van der Waals surface area (Å²) in [7, 11) is 0. The van der Waals surface area contributed by atoms with Crippen LogP contribution in [0.3, 0.4) is 0 Å². The van der Waals surface area contributed by atoms with E-state index in [-0.39, 0.29) is 5.82 Å². The van der Waals surface area contributed by atoms with Crippen LogP contribution >= 0.6 is 0 Å². The van der Waals surface area contributed by atoms with Crippen LogP contribution in [0.15, 0.2) is 12.7 Å². The third kappa shape index (κ3) is 1.74. The van der Waals surface area contributed by atoms with Crippen molar-refractivity contribution in [3.05, 3.63) is 12.7 Å². The average Bonchev–Trinajstić information content (AvgIpc) is 2.90. The molecule has 0 aliphatic carbocycles. The molecule has 0 aromatic carbocycles. The number of anilines is 1. The van der Waals surface area contributed by atoms with Gasteiger partial charge in [-0.15, -0.1) is 0 Å². The van der Waals surface area contributed by atoms with Crippen LogP contribution in [0.2, 0.25) is 0 Å². The Morgan fingerprint density at radius 2 is 2.14 bits per heavy atom. The fourth-order valence-electron chi connectivity index (χ4n) is 2.57. The summed E-state index contributed by atoms with van der Waals surface area (Å²) in [5, 5.41) is 19.6. The zero-order valence-electron chi connectivity index (χ0n) is 11.6. The lowest BCUT2D eigenvalue weighted by Gasteiger charge is -2.32. The Bertz CT molecular complexity index is 687. The molecule has 3 heterocycles. The number of nitrogens with zero attached hydrogens (tertiary/aromatic N) is 4. The molecule has 21 heavy (non-hydrogen) atoms. The maximum absolute atomic E-state index is 15.1. The normalized spacial score (nSPS) is 36.4. The third-order valence-corrected chi connectivity index (χ3v) is 4.18. The number of imidazole rings is 1. The summed E-state index contributed by atoms with van der Waals surface area (Å²) in [6.45, 7) is 1.99. The molecule has 1 saturated heterocycles. The van der Waals surface area contributed by atoms with Crippen molar-refractivity contribution in [2.75, 3.05) is 12.3 Å². The number of aromatic nitrogens is 4. The lowest BCUT2D eigenvalue weighted by Crippen LogP contribution is -2.51. The van der Waals surface area contributed by atoms with Gasteiger partial charge in [-0.05, 0) is 13.8 Å². The lowest BCUT2D eigenvalue weighted by atomic mass is 9.85. The summed E-state index contributed by atoms with van der Waals surface area (Å²) < 4.78 is 21.9. The number of hydrogen-bond acceptors (Lipinski definition) is 7. The van der Waals surface area contributed by atoms with Crippen LogP contribution in [-0.2, 0) is 4.74 Å². The largest absolute Gasteiger partial charge is 0.394 e. The van der Waals surface area contributed by atoms with E-state index in [4.69, 9.17) is 10.5 Å². The molecular weight excluding hydrogens is 281 g/mol. The van der Waals surface area contributed by atoms with Gasteiger partial charge in [-0.1, -0.05) is 0 Å². The molecule has 114 valence electrons. The van der Waals surface area contributed by atoms with E-state index >= 15 is 4.39 Å². The molecule has 0 radical (unpaired) electrons. The van der Waals surface area contributed by atoms with Crippen LogP contribution in [0, 0.1) is 0 Å². The van der Waals surface area contributed by atoms with Crippen LogP contribution in [0.5, 0.6) is 0 Å². The van der Waals surface area contributed by atoms with Crippen molar-refractivity contribution in [1.29, 1.82) is 0 Å². The number of alkyl halides is 1.